The van der Waals surface area contributed by atoms with Crippen LogP contribution in [0.25, 0.3) is 10.2 Å². The van der Waals surface area contributed by atoms with E-state index in [0.717, 1.165) is 42.3 Å². The first-order valence-corrected chi connectivity index (χ1v) is 10.4. The molecule has 1 aromatic carbocycles. The number of fused-ring (bicyclic) bond motifs is 1. The van der Waals surface area contributed by atoms with Gasteiger partial charge in [-0.05, 0) is 44.2 Å². The molecule has 1 saturated heterocycles. The number of sulfone groups is 1. The first-order chi connectivity index (χ1) is 11.1. The minimum Gasteiger partial charge on any atom is -0.353 e. The topological polar surface area (TPSA) is 65.5 Å². The Morgan fingerprint density at radius 1 is 1.30 bits per heavy atom. The van der Waals surface area contributed by atoms with Crippen LogP contribution in [0, 0.1) is 0 Å². The maximum absolute atomic E-state index is 12.7. The molecule has 2 aliphatic rings. The van der Waals surface area contributed by atoms with E-state index in [0.29, 0.717) is 6.61 Å². The van der Waals surface area contributed by atoms with Crippen molar-refractivity contribution in [3.05, 3.63) is 24.3 Å². The molecule has 1 unspecified atom stereocenters. The van der Waals surface area contributed by atoms with Gasteiger partial charge in [-0.3, -0.25) is 0 Å². The Labute approximate surface area is 139 Å². The Hall–Kier alpha value is -1.02. The van der Waals surface area contributed by atoms with E-state index in [1.54, 1.807) is 0 Å². The fourth-order valence-electron chi connectivity index (χ4n) is 2.91. The molecule has 1 aliphatic carbocycles. The van der Waals surface area contributed by atoms with Gasteiger partial charge in [0.05, 0.1) is 21.6 Å². The molecule has 124 valence electrons. The molecule has 1 aliphatic heterocycles. The van der Waals surface area contributed by atoms with E-state index in [1.165, 1.54) is 11.3 Å². The number of ether oxygens (including phenoxy) is 2. The molecule has 23 heavy (non-hydrogen) atoms. The second-order valence-electron chi connectivity index (χ2n) is 6.30. The summed E-state index contributed by atoms with van der Waals surface area (Å²) in [5.74, 6) is -0.000316. The predicted molar refractivity (Wildman–Crippen MR) is 88.3 cm³/mol. The van der Waals surface area contributed by atoms with E-state index in [9.17, 15) is 8.42 Å². The zero-order valence-electron chi connectivity index (χ0n) is 12.7. The van der Waals surface area contributed by atoms with Crippen LogP contribution < -0.4 is 0 Å². The van der Waals surface area contributed by atoms with Crippen molar-refractivity contribution < 1.29 is 17.9 Å². The van der Waals surface area contributed by atoms with Gasteiger partial charge in [0.2, 0.25) is 14.2 Å². The van der Waals surface area contributed by atoms with Crippen molar-refractivity contribution in [3.8, 4) is 0 Å². The van der Waals surface area contributed by atoms with Crippen LogP contribution in [0.15, 0.2) is 28.6 Å². The highest BCUT2D eigenvalue weighted by Crippen LogP contribution is 2.44. The van der Waals surface area contributed by atoms with Gasteiger partial charge in [-0.15, -0.1) is 11.3 Å². The van der Waals surface area contributed by atoms with Gasteiger partial charge in [-0.2, -0.15) is 0 Å². The van der Waals surface area contributed by atoms with Crippen LogP contribution in [0.1, 0.15) is 32.1 Å². The SMILES string of the molecule is O=S(=O)(CC1(OC2CCCCO2)CC1)c1nc2ccccc2s1. The molecule has 4 rings (SSSR count). The average Bonchev–Trinajstić information content (AvgIpc) is 3.12. The normalized spacial score (nSPS) is 23.9. The molecule has 7 heteroatoms. The number of hydrogen-bond donors (Lipinski definition) is 0. The molecule has 2 aromatic rings. The number of nitrogens with zero attached hydrogens (tertiary/aromatic N) is 1. The molecule has 1 saturated carbocycles. The third-order valence-electron chi connectivity index (χ3n) is 4.32. The summed E-state index contributed by atoms with van der Waals surface area (Å²) in [5, 5.41) is 0. The van der Waals surface area contributed by atoms with E-state index >= 15 is 0 Å². The van der Waals surface area contributed by atoms with Crippen LogP contribution in [0.3, 0.4) is 0 Å². The van der Waals surface area contributed by atoms with E-state index in [2.05, 4.69) is 4.98 Å². The van der Waals surface area contributed by atoms with Crippen LogP contribution in [-0.4, -0.2) is 37.7 Å². The molecule has 2 heterocycles. The smallest absolute Gasteiger partial charge is 0.210 e. The lowest BCUT2D eigenvalue weighted by Gasteiger charge is -2.27. The average molecular weight is 353 g/mol. The highest BCUT2D eigenvalue weighted by atomic mass is 32.2. The summed E-state index contributed by atoms with van der Waals surface area (Å²) in [4.78, 5) is 4.29. The predicted octanol–water partition coefficient (Wildman–Crippen LogP) is 3.15. The highest BCUT2D eigenvalue weighted by molar-refractivity contribution is 7.93. The number of hydrogen-bond acceptors (Lipinski definition) is 6. The van der Waals surface area contributed by atoms with Crippen LogP contribution in [0.4, 0.5) is 0 Å². The van der Waals surface area contributed by atoms with Crippen molar-refractivity contribution in [2.75, 3.05) is 12.4 Å². The third kappa shape index (κ3) is 3.28. The van der Waals surface area contributed by atoms with Crippen molar-refractivity contribution in [1.82, 2.24) is 4.98 Å². The molecule has 0 radical (unpaired) electrons. The van der Waals surface area contributed by atoms with Gasteiger partial charge in [0.25, 0.3) is 0 Å². The number of rotatable bonds is 5. The van der Waals surface area contributed by atoms with Gasteiger partial charge in [0.1, 0.15) is 0 Å². The molecule has 1 aromatic heterocycles. The van der Waals surface area contributed by atoms with Gasteiger partial charge in [0.15, 0.2) is 6.29 Å². The molecule has 0 amide bonds. The molecule has 0 spiro atoms. The minimum atomic E-state index is -3.44. The van der Waals surface area contributed by atoms with Crippen LogP contribution in [0.5, 0.6) is 0 Å². The molecular weight excluding hydrogens is 334 g/mol. The first-order valence-electron chi connectivity index (χ1n) is 7.94. The number of thiazole rings is 1. The van der Waals surface area contributed by atoms with E-state index < -0.39 is 15.4 Å². The minimum absolute atomic E-state index is 0.000316. The molecule has 5 nitrogen and oxygen atoms in total. The lowest BCUT2D eigenvalue weighted by molar-refractivity contribution is -0.191. The Kier molecular flexibility index (Phi) is 3.91. The number of para-hydroxylation sites is 1. The van der Waals surface area contributed by atoms with Crippen molar-refractivity contribution in [2.24, 2.45) is 0 Å². The third-order valence-corrected chi connectivity index (χ3v) is 7.69. The quantitative estimate of drug-likeness (QED) is 0.826. The van der Waals surface area contributed by atoms with Crippen LogP contribution in [0.2, 0.25) is 0 Å². The zero-order valence-corrected chi connectivity index (χ0v) is 14.4. The number of benzene rings is 1. The first kappa shape index (κ1) is 15.5. The van der Waals surface area contributed by atoms with Gasteiger partial charge < -0.3 is 9.47 Å². The molecule has 0 N–H and O–H groups in total. The van der Waals surface area contributed by atoms with Crippen LogP contribution >= 0.6 is 11.3 Å². The largest absolute Gasteiger partial charge is 0.353 e. The van der Waals surface area contributed by atoms with Crippen molar-refractivity contribution >= 4 is 31.4 Å². The van der Waals surface area contributed by atoms with Crippen molar-refractivity contribution in [3.63, 3.8) is 0 Å². The van der Waals surface area contributed by atoms with Gasteiger partial charge in [0, 0.05) is 6.61 Å². The van der Waals surface area contributed by atoms with Gasteiger partial charge in [-0.25, -0.2) is 13.4 Å². The standard InChI is InChI=1S/C16H19NO4S2/c18-23(19,15-17-12-5-1-2-6-13(12)22-15)11-16(8-9-16)21-14-7-3-4-10-20-14/h1-2,5-6,14H,3-4,7-11H2. The fraction of sp³-hybridized carbons (Fsp3) is 0.562. The monoisotopic (exact) mass is 353 g/mol. The molecule has 1 atom stereocenters. The van der Waals surface area contributed by atoms with Crippen molar-refractivity contribution in [2.45, 2.75) is 48.3 Å². The second-order valence-corrected chi connectivity index (χ2v) is 9.50. The summed E-state index contributed by atoms with van der Waals surface area (Å²) < 4.78 is 38.1. The Morgan fingerprint density at radius 3 is 2.83 bits per heavy atom. The Morgan fingerprint density at radius 2 is 2.13 bits per heavy atom. The highest BCUT2D eigenvalue weighted by Gasteiger charge is 2.50. The summed E-state index contributed by atoms with van der Waals surface area (Å²) in [7, 11) is -3.44. The van der Waals surface area contributed by atoms with E-state index in [4.69, 9.17) is 9.47 Å². The van der Waals surface area contributed by atoms with Gasteiger partial charge in [-0.1, -0.05) is 12.1 Å². The lowest BCUT2D eigenvalue weighted by atomic mass is 10.2. The molecular formula is C16H19NO4S2. The fourth-order valence-corrected chi connectivity index (χ4v) is 5.97. The van der Waals surface area contributed by atoms with E-state index in [1.807, 2.05) is 24.3 Å². The summed E-state index contributed by atoms with van der Waals surface area (Å²) in [6.45, 7) is 0.700. The van der Waals surface area contributed by atoms with E-state index in [-0.39, 0.29) is 16.4 Å². The Balaban J connectivity index is 1.52. The summed E-state index contributed by atoms with van der Waals surface area (Å²) in [5.41, 5.74) is 0.163. The summed E-state index contributed by atoms with van der Waals surface area (Å²) in [6, 6.07) is 7.49. The maximum atomic E-state index is 12.7. The summed E-state index contributed by atoms with van der Waals surface area (Å²) in [6.07, 6.45) is 4.27. The maximum Gasteiger partial charge on any atom is 0.210 e. The van der Waals surface area contributed by atoms with Crippen molar-refractivity contribution in [1.29, 1.82) is 0 Å². The van der Waals surface area contributed by atoms with Gasteiger partial charge >= 0.3 is 0 Å². The summed E-state index contributed by atoms with van der Waals surface area (Å²) >= 11 is 1.23. The molecule has 2 fully saturated rings. The number of aromatic nitrogens is 1. The lowest BCUT2D eigenvalue weighted by Crippen LogP contribution is -2.33. The Bertz CT molecular complexity index is 771. The molecule has 0 bridgehead atoms. The second kappa shape index (κ2) is 5.81. The van der Waals surface area contributed by atoms with Crippen LogP contribution in [-0.2, 0) is 19.3 Å². The zero-order chi connectivity index (χ0) is 15.9.